The molecule has 36 heavy (non-hydrogen) atoms. The maximum Gasteiger partial charge on any atom is 0.322 e. The van der Waals surface area contributed by atoms with E-state index in [1.807, 2.05) is 0 Å². The maximum absolute atomic E-state index is 13.2. The number of hydrogen-bond donors (Lipinski definition) is 9. The van der Waals surface area contributed by atoms with E-state index in [-0.39, 0.29) is 31.8 Å². The fraction of sp³-hybridized carbons (Fsp3) is 0.450. The summed E-state index contributed by atoms with van der Waals surface area (Å²) in [5.74, 6) is -3.35. The molecule has 0 aliphatic heterocycles. The summed E-state index contributed by atoms with van der Waals surface area (Å²) in [4.78, 5) is 66.6. The minimum absolute atomic E-state index is 0.0335. The van der Waals surface area contributed by atoms with Gasteiger partial charge in [-0.2, -0.15) is 0 Å². The number of amides is 3. The van der Waals surface area contributed by atoms with Gasteiger partial charge in [0.2, 0.25) is 17.7 Å². The predicted molar refractivity (Wildman–Crippen MR) is 127 cm³/mol. The van der Waals surface area contributed by atoms with Crippen LogP contribution in [0.4, 0.5) is 0 Å². The van der Waals surface area contributed by atoms with Gasteiger partial charge in [-0.3, -0.25) is 24.2 Å². The first kappa shape index (κ1) is 27.8. The van der Waals surface area contributed by atoms with E-state index in [4.69, 9.17) is 22.3 Å². The van der Waals surface area contributed by atoms with Crippen molar-refractivity contribution in [1.29, 1.82) is 0 Å². The number of carboxylic acids is 1. The lowest BCUT2D eigenvalue weighted by atomic mass is 10.1. The number of H-pyrrole nitrogens is 2. The monoisotopic (exact) mass is 505 g/mol. The Balaban J connectivity index is 2.11. The third-order valence-electron chi connectivity index (χ3n) is 4.94. The Kier molecular flexibility index (Phi) is 10.8. The molecule has 0 saturated carbocycles. The summed E-state index contributed by atoms with van der Waals surface area (Å²) < 4.78 is 0. The molecule has 2 heterocycles. The van der Waals surface area contributed by atoms with Gasteiger partial charge in [-0.15, -0.1) is 0 Å². The van der Waals surface area contributed by atoms with Gasteiger partial charge in [0, 0.05) is 43.2 Å². The van der Waals surface area contributed by atoms with E-state index in [1.165, 1.54) is 25.0 Å². The summed E-state index contributed by atoms with van der Waals surface area (Å²) in [5, 5.41) is 16.3. The highest BCUT2D eigenvalue weighted by Crippen LogP contribution is 2.05. The lowest BCUT2D eigenvalue weighted by Gasteiger charge is -2.24. The standard InChI is InChI=1S/C20H31N11O5/c21-13(4-11-6-24-9-28-11)17(34)31-15(5-12-7-25-10-29-12)19(36)30-14(2-1-3-26-20(22)23)18(35)27-8-16(32)33/h6-7,9-10,13-15H,1-5,8,21H2,(H,24,28)(H,25,29)(H,27,35)(H,30,36)(H,31,34)(H,32,33)(H4,22,23,26). The topological polar surface area (TPSA) is 272 Å². The van der Waals surface area contributed by atoms with Crippen LogP contribution in [0.2, 0.25) is 0 Å². The van der Waals surface area contributed by atoms with Crippen LogP contribution in [-0.4, -0.2) is 85.9 Å². The molecule has 16 nitrogen and oxygen atoms in total. The van der Waals surface area contributed by atoms with Crippen LogP contribution in [-0.2, 0) is 32.0 Å². The number of guanidine groups is 1. The average Bonchev–Trinajstić information content (AvgIpc) is 3.53. The van der Waals surface area contributed by atoms with E-state index >= 15 is 0 Å². The number of carbonyl (C=O) groups excluding carboxylic acids is 3. The molecule has 196 valence electrons. The number of aromatic nitrogens is 4. The third-order valence-corrected chi connectivity index (χ3v) is 4.94. The Morgan fingerprint density at radius 2 is 1.56 bits per heavy atom. The highest BCUT2D eigenvalue weighted by atomic mass is 16.4. The van der Waals surface area contributed by atoms with E-state index in [1.54, 1.807) is 0 Å². The SMILES string of the molecule is NC(N)=NCCCC(NC(=O)C(Cc1cnc[nH]1)NC(=O)C(N)Cc1cnc[nH]1)C(=O)NCC(=O)O. The van der Waals surface area contributed by atoms with E-state index in [0.717, 1.165) is 0 Å². The largest absolute Gasteiger partial charge is 0.480 e. The van der Waals surface area contributed by atoms with Gasteiger partial charge in [0.05, 0.1) is 18.7 Å². The lowest BCUT2D eigenvalue weighted by molar-refractivity contribution is -0.138. The molecule has 0 aliphatic carbocycles. The molecule has 0 aliphatic rings. The number of rotatable bonds is 15. The summed E-state index contributed by atoms with van der Waals surface area (Å²) in [6.45, 7) is -0.437. The number of carbonyl (C=O) groups is 4. The molecule has 0 aromatic carbocycles. The van der Waals surface area contributed by atoms with Crippen molar-refractivity contribution in [2.24, 2.45) is 22.2 Å². The smallest absolute Gasteiger partial charge is 0.322 e. The number of nitrogens with one attached hydrogen (secondary N) is 5. The normalized spacial score (nSPS) is 13.1. The second kappa shape index (κ2) is 14.1. The molecule has 0 spiro atoms. The molecule has 3 atom stereocenters. The van der Waals surface area contributed by atoms with Crippen molar-refractivity contribution in [3.8, 4) is 0 Å². The average molecular weight is 506 g/mol. The fourth-order valence-electron chi connectivity index (χ4n) is 3.16. The number of imidazole rings is 2. The summed E-state index contributed by atoms with van der Waals surface area (Å²) in [7, 11) is 0. The summed E-state index contributed by atoms with van der Waals surface area (Å²) in [6.07, 6.45) is 6.52. The van der Waals surface area contributed by atoms with E-state index in [9.17, 15) is 19.2 Å². The highest BCUT2D eigenvalue weighted by Gasteiger charge is 2.29. The van der Waals surface area contributed by atoms with Crippen molar-refractivity contribution < 1.29 is 24.3 Å². The van der Waals surface area contributed by atoms with Crippen LogP contribution in [0.5, 0.6) is 0 Å². The van der Waals surface area contributed by atoms with Crippen molar-refractivity contribution in [3.63, 3.8) is 0 Å². The molecular weight excluding hydrogens is 474 g/mol. The van der Waals surface area contributed by atoms with Crippen molar-refractivity contribution >= 4 is 29.7 Å². The van der Waals surface area contributed by atoms with Gasteiger partial charge < -0.3 is 48.2 Å². The first-order valence-electron chi connectivity index (χ1n) is 11.0. The predicted octanol–water partition coefficient (Wildman–Crippen LogP) is -3.53. The Morgan fingerprint density at radius 1 is 0.944 bits per heavy atom. The van der Waals surface area contributed by atoms with Gasteiger partial charge in [0.1, 0.15) is 18.6 Å². The van der Waals surface area contributed by atoms with Gasteiger partial charge in [0.15, 0.2) is 5.96 Å². The molecule has 3 amide bonds. The Labute approximate surface area is 205 Å². The number of aliphatic imine (C=N–C) groups is 1. The molecule has 0 fully saturated rings. The molecule has 16 heteroatoms. The van der Waals surface area contributed by atoms with Gasteiger partial charge in [-0.05, 0) is 12.8 Å². The van der Waals surface area contributed by atoms with Gasteiger partial charge in [-0.25, -0.2) is 9.97 Å². The Hall–Kier alpha value is -4.47. The number of aromatic amines is 2. The quantitative estimate of drug-likeness (QED) is 0.0653. The molecule has 3 unspecified atom stereocenters. The second-order valence-electron chi connectivity index (χ2n) is 7.85. The zero-order valence-corrected chi connectivity index (χ0v) is 19.4. The summed E-state index contributed by atoms with van der Waals surface area (Å²) in [6, 6.07) is -3.19. The highest BCUT2D eigenvalue weighted by molar-refractivity contribution is 5.93. The number of nitrogens with two attached hydrogens (primary N) is 3. The molecule has 12 N–H and O–H groups in total. The van der Waals surface area contributed by atoms with Crippen LogP contribution in [0, 0.1) is 0 Å². The number of hydrogen-bond acceptors (Lipinski definition) is 8. The van der Waals surface area contributed by atoms with E-state index in [2.05, 4.69) is 40.9 Å². The van der Waals surface area contributed by atoms with E-state index < -0.39 is 48.4 Å². The molecule has 2 rings (SSSR count). The van der Waals surface area contributed by atoms with Crippen LogP contribution < -0.4 is 33.2 Å². The van der Waals surface area contributed by atoms with Crippen LogP contribution in [0.1, 0.15) is 24.2 Å². The van der Waals surface area contributed by atoms with Crippen molar-refractivity contribution in [2.75, 3.05) is 13.1 Å². The summed E-state index contributed by atoms with van der Waals surface area (Å²) in [5.41, 5.74) is 17.8. The maximum atomic E-state index is 13.2. The molecule has 2 aromatic heterocycles. The number of carboxylic acid groups (broad SMARTS) is 1. The van der Waals surface area contributed by atoms with Crippen LogP contribution in [0.3, 0.4) is 0 Å². The van der Waals surface area contributed by atoms with Crippen LogP contribution >= 0.6 is 0 Å². The van der Waals surface area contributed by atoms with Crippen molar-refractivity contribution in [2.45, 2.75) is 43.8 Å². The summed E-state index contributed by atoms with van der Waals surface area (Å²) >= 11 is 0. The minimum Gasteiger partial charge on any atom is -0.480 e. The molecule has 0 bridgehead atoms. The second-order valence-corrected chi connectivity index (χ2v) is 7.85. The van der Waals surface area contributed by atoms with Crippen LogP contribution in [0.25, 0.3) is 0 Å². The molecule has 0 radical (unpaired) electrons. The van der Waals surface area contributed by atoms with Crippen molar-refractivity contribution in [3.05, 3.63) is 36.4 Å². The Bertz CT molecular complexity index is 1020. The van der Waals surface area contributed by atoms with Gasteiger partial charge in [-0.1, -0.05) is 0 Å². The first-order valence-corrected chi connectivity index (χ1v) is 11.0. The fourth-order valence-corrected chi connectivity index (χ4v) is 3.16. The lowest BCUT2D eigenvalue weighted by Crippen LogP contribution is -2.57. The van der Waals surface area contributed by atoms with Crippen molar-refractivity contribution in [1.82, 2.24) is 35.9 Å². The van der Waals surface area contributed by atoms with Gasteiger partial charge in [0.25, 0.3) is 0 Å². The number of aliphatic carboxylic acids is 1. The molecular formula is C20H31N11O5. The van der Waals surface area contributed by atoms with Gasteiger partial charge >= 0.3 is 5.97 Å². The number of nitrogens with zero attached hydrogens (tertiary/aromatic N) is 3. The first-order chi connectivity index (χ1) is 17.2. The zero-order chi connectivity index (χ0) is 26.5. The van der Waals surface area contributed by atoms with Crippen LogP contribution in [0.15, 0.2) is 30.0 Å². The third kappa shape index (κ3) is 9.80. The minimum atomic E-state index is -1.25. The Morgan fingerprint density at radius 3 is 2.11 bits per heavy atom. The molecule has 0 saturated heterocycles. The molecule has 2 aromatic rings. The van der Waals surface area contributed by atoms with E-state index in [0.29, 0.717) is 17.8 Å². The zero-order valence-electron chi connectivity index (χ0n) is 19.4.